The first-order valence-electron chi connectivity index (χ1n) is 8.51. The molecule has 4 heteroatoms. The van der Waals surface area contributed by atoms with Crippen molar-refractivity contribution in [3.8, 4) is 0 Å². The number of unbranched alkanes of at least 4 members (excludes halogenated alkanes) is 1. The number of hydrogen-bond acceptors (Lipinski definition) is 3. The van der Waals surface area contributed by atoms with Gasteiger partial charge in [-0.25, -0.2) is 0 Å². The van der Waals surface area contributed by atoms with Crippen LogP contribution in [0.5, 0.6) is 0 Å². The Balaban J connectivity index is 1.88. The van der Waals surface area contributed by atoms with Gasteiger partial charge in [0.2, 0.25) is 0 Å². The Kier molecular flexibility index (Phi) is 6.82. The van der Waals surface area contributed by atoms with E-state index in [4.69, 9.17) is 5.73 Å². The monoisotopic (exact) mass is 325 g/mol. The molecule has 3 N–H and O–H groups in total. The lowest BCUT2D eigenvalue weighted by Crippen LogP contribution is -2.31. The van der Waals surface area contributed by atoms with Crippen LogP contribution in [0.4, 0.5) is 5.69 Å². The molecular formula is C20H27N3O. The van der Waals surface area contributed by atoms with Crippen molar-refractivity contribution in [2.75, 3.05) is 25.0 Å². The van der Waals surface area contributed by atoms with Crippen LogP contribution >= 0.6 is 0 Å². The zero-order valence-corrected chi connectivity index (χ0v) is 14.5. The zero-order chi connectivity index (χ0) is 17.4. The van der Waals surface area contributed by atoms with Crippen LogP contribution < -0.4 is 16.0 Å². The molecule has 128 valence electrons. The van der Waals surface area contributed by atoms with Crippen molar-refractivity contribution in [1.82, 2.24) is 5.32 Å². The fourth-order valence-corrected chi connectivity index (χ4v) is 2.51. The number of nitrogens with one attached hydrogen (secondary N) is 1. The fraction of sp³-hybridized carbons (Fsp3) is 0.350. The molecule has 0 saturated carbocycles. The molecule has 1 atom stereocenters. The highest BCUT2D eigenvalue weighted by Gasteiger charge is 2.10. The van der Waals surface area contributed by atoms with Gasteiger partial charge in [-0.15, -0.1) is 0 Å². The predicted molar refractivity (Wildman–Crippen MR) is 100 cm³/mol. The van der Waals surface area contributed by atoms with E-state index in [1.807, 2.05) is 54.6 Å². The van der Waals surface area contributed by atoms with Crippen molar-refractivity contribution in [2.24, 2.45) is 5.73 Å². The van der Waals surface area contributed by atoms with E-state index in [0.717, 1.165) is 24.2 Å². The van der Waals surface area contributed by atoms with Crippen molar-refractivity contribution in [1.29, 1.82) is 0 Å². The van der Waals surface area contributed by atoms with Crippen LogP contribution in [0.1, 0.15) is 41.7 Å². The maximum atomic E-state index is 12.3. The second-order valence-corrected chi connectivity index (χ2v) is 6.05. The highest BCUT2D eigenvalue weighted by atomic mass is 16.1. The summed E-state index contributed by atoms with van der Waals surface area (Å²) in [6.45, 7) is 3.62. The SMILES string of the molecule is CCCCN(C)c1ccc(C(=O)NCC(N)c2ccccc2)cc1. The number of amides is 1. The molecule has 4 nitrogen and oxygen atoms in total. The molecule has 0 saturated heterocycles. The smallest absolute Gasteiger partial charge is 0.251 e. The molecule has 24 heavy (non-hydrogen) atoms. The minimum absolute atomic E-state index is 0.0934. The minimum atomic E-state index is -0.199. The van der Waals surface area contributed by atoms with Gasteiger partial charge in [-0.2, -0.15) is 0 Å². The maximum Gasteiger partial charge on any atom is 0.251 e. The van der Waals surface area contributed by atoms with Crippen molar-refractivity contribution in [2.45, 2.75) is 25.8 Å². The molecule has 0 spiro atoms. The number of hydrogen-bond donors (Lipinski definition) is 2. The summed E-state index contributed by atoms with van der Waals surface area (Å²) in [6, 6.07) is 17.3. The Morgan fingerprint density at radius 2 is 1.79 bits per heavy atom. The van der Waals surface area contributed by atoms with Crippen LogP contribution in [0.3, 0.4) is 0 Å². The molecule has 0 bridgehead atoms. The predicted octanol–water partition coefficient (Wildman–Crippen LogP) is 3.35. The van der Waals surface area contributed by atoms with Gasteiger partial charge in [0.25, 0.3) is 5.91 Å². The summed E-state index contributed by atoms with van der Waals surface area (Å²) >= 11 is 0. The lowest BCUT2D eigenvalue weighted by Gasteiger charge is -2.19. The molecule has 0 aliphatic carbocycles. The van der Waals surface area contributed by atoms with Crippen molar-refractivity contribution >= 4 is 11.6 Å². The first-order chi connectivity index (χ1) is 11.6. The van der Waals surface area contributed by atoms with E-state index in [9.17, 15) is 4.79 Å². The van der Waals surface area contributed by atoms with E-state index in [2.05, 4.69) is 24.2 Å². The lowest BCUT2D eigenvalue weighted by molar-refractivity contribution is 0.0951. The van der Waals surface area contributed by atoms with Gasteiger partial charge >= 0.3 is 0 Å². The molecule has 2 rings (SSSR count). The maximum absolute atomic E-state index is 12.3. The van der Waals surface area contributed by atoms with Gasteiger partial charge in [0.05, 0.1) is 0 Å². The summed E-state index contributed by atoms with van der Waals surface area (Å²) in [4.78, 5) is 14.5. The van der Waals surface area contributed by atoms with Crippen molar-refractivity contribution in [3.63, 3.8) is 0 Å². The molecule has 0 aliphatic heterocycles. The summed E-state index contributed by atoms with van der Waals surface area (Å²) in [5.74, 6) is -0.0934. The first kappa shape index (κ1) is 18.0. The number of anilines is 1. The van der Waals surface area contributed by atoms with Crippen LogP contribution in [0.2, 0.25) is 0 Å². The van der Waals surface area contributed by atoms with Gasteiger partial charge in [-0.1, -0.05) is 43.7 Å². The molecule has 0 aromatic heterocycles. The summed E-state index contributed by atoms with van der Waals surface area (Å²) in [7, 11) is 2.07. The molecule has 1 amide bonds. The fourth-order valence-electron chi connectivity index (χ4n) is 2.51. The lowest BCUT2D eigenvalue weighted by atomic mass is 10.1. The average molecular weight is 325 g/mol. The Hall–Kier alpha value is -2.33. The van der Waals surface area contributed by atoms with Crippen LogP contribution in [-0.2, 0) is 0 Å². The van der Waals surface area contributed by atoms with Gasteiger partial charge < -0.3 is 16.0 Å². The summed E-state index contributed by atoms with van der Waals surface area (Å²) < 4.78 is 0. The largest absolute Gasteiger partial charge is 0.375 e. The molecule has 2 aromatic rings. The number of carbonyl (C=O) groups excluding carboxylic acids is 1. The van der Waals surface area contributed by atoms with E-state index in [-0.39, 0.29) is 11.9 Å². The van der Waals surface area contributed by atoms with Crippen LogP contribution in [0, 0.1) is 0 Å². The van der Waals surface area contributed by atoms with Gasteiger partial charge in [0, 0.05) is 37.4 Å². The normalized spacial score (nSPS) is 11.8. The Morgan fingerprint density at radius 1 is 1.12 bits per heavy atom. The highest BCUT2D eigenvalue weighted by Crippen LogP contribution is 2.15. The Bertz CT molecular complexity index is 625. The third kappa shape index (κ3) is 5.10. The number of benzene rings is 2. The number of rotatable bonds is 8. The van der Waals surface area contributed by atoms with E-state index < -0.39 is 0 Å². The Labute approximate surface area is 144 Å². The molecule has 2 aromatic carbocycles. The van der Waals surface area contributed by atoms with Crippen LogP contribution in [-0.4, -0.2) is 26.0 Å². The minimum Gasteiger partial charge on any atom is -0.375 e. The summed E-state index contributed by atoms with van der Waals surface area (Å²) in [5, 5.41) is 2.90. The van der Waals surface area contributed by atoms with E-state index in [0.29, 0.717) is 12.1 Å². The third-order valence-electron chi connectivity index (χ3n) is 4.13. The summed E-state index contributed by atoms with van der Waals surface area (Å²) in [6.07, 6.45) is 2.34. The molecule has 0 fully saturated rings. The van der Waals surface area contributed by atoms with E-state index >= 15 is 0 Å². The molecule has 1 unspecified atom stereocenters. The number of nitrogens with zero attached hydrogens (tertiary/aromatic N) is 1. The highest BCUT2D eigenvalue weighted by molar-refractivity contribution is 5.94. The quantitative estimate of drug-likeness (QED) is 0.782. The first-order valence-corrected chi connectivity index (χ1v) is 8.51. The average Bonchev–Trinajstić information content (AvgIpc) is 2.64. The third-order valence-corrected chi connectivity index (χ3v) is 4.13. The van der Waals surface area contributed by atoms with Gasteiger partial charge in [0.15, 0.2) is 0 Å². The molecule has 0 aliphatic rings. The number of nitrogens with two attached hydrogens (primary N) is 1. The zero-order valence-electron chi connectivity index (χ0n) is 14.5. The van der Waals surface area contributed by atoms with Gasteiger partial charge in [0.1, 0.15) is 0 Å². The Morgan fingerprint density at radius 3 is 2.42 bits per heavy atom. The topological polar surface area (TPSA) is 58.4 Å². The van der Waals surface area contributed by atoms with Crippen LogP contribution in [0.25, 0.3) is 0 Å². The molecule has 0 heterocycles. The van der Waals surface area contributed by atoms with Gasteiger partial charge in [-0.3, -0.25) is 4.79 Å². The van der Waals surface area contributed by atoms with Crippen LogP contribution in [0.15, 0.2) is 54.6 Å². The van der Waals surface area contributed by atoms with E-state index in [1.165, 1.54) is 6.42 Å². The molecule has 0 radical (unpaired) electrons. The van der Waals surface area contributed by atoms with E-state index in [1.54, 1.807) is 0 Å². The second kappa shape index (κ2) is 9.08. The van der Waals surface area contributed by atoms with Gasteiger partial charge in [-0.05, 0) is 36.2 Å². The van der Waals surface area contributed by atoms with Crippen molar-refractivity contribution < 1.29 is 4.79 Å². The number of carbonyl (C=O) groups is 1. The second-order valence-electron chi connectivity index (χ2n) is 6.05. The summed E-state index contributed by atoms with van der Waals surface area (Å²) in [5.41, 5.74) is 8.91. The van der Waals surface area contributed by atoms with Crippen molar-refractivity contribution in [3.05, 3.63) is 65.7 Å². The standard InChI is InChI=1S/C20H27N3O/c1-3-4-14-23(2)18-12-10-17(11-13-18)20(24)22-15-19(21)16-8-6-5-7-9-16/h5-13,19H,3-4,14-15,21H2,1-2H3,(H,22,24). The molecular weight excluding hydrogens is 298 g/mol.